The average Bonchev–Trinajstić information content (AvgIpc) is 2.68. The third-order valence-corrected chi connectivity index (χ3v) is 4.86. The third-order valence-electron chi connectivity index (χ3n) is 4.86. The maximum Gasteiger partial charge on any atom is 0.255 e. The van der Waals surface area contributed by atoms with E-state index in [1.165, 1.54) is 4.90 Å². The number of nitrogens with zero attached hydrogens (tertiary/aromatic N) is 2. The second kappa shape index (κ2) is 8.89. The van der Waals surface area contributed by atoms with Gasteiger partial charge < -0.3 is 19.6 Å². The predicted molar refractivity (Wildman–Crippen MR) is 106 cm³/mol. The van der Waals surface area contributed by atoms with Gasteiger partial charge >= 0.3 is 0 Å². The zero-order chi connectivity index (χ0) is 20.1. The molecule has 6 heteroatoms. The summed E-state index contributed by atoms with van der Waals surface area (Å²) in [7, 11) is 0. The number of hydrogen-bond acceptors (Lipinski definition) is 4. The molecular formula is C22H26N2O4. The molecule has 0 saturated carbocycles. The fraction of sp³-hybridized carbons (Fsp3) is 0.364. The number of para-hydroxylation sites is 1. The first-order valence-electron chi connectivity index (χ1n) is 9.42. The van der Waals surface area contributed by atoms with E-state index in [2.05, 4.69) is 6.07 Å². The van der Waals surface area contributed by atoms with Crippen LogP contribution in [0, 0.1) is 13.8 Å². The molecular weight excluding hydrogens is 356 g/mol. The van der Waals surface area contributed by atoms with E-state index in [4.69, 9.17) is 4.74 Å². The summed E-state index contributed by atoms with van der Waals surface area (Å²) in [6.45, 7) is 5.13. The van der Waals surface area contributed by atoms with Crippen LogP contribution < -0.4 is 4.74 Å². The van der Waals surface area contributed by atoms with Crippen molar-refractivity contribution in [2.45, 2.75) is 26.5 Å². The van der Waals surface area contributed by atoms with E-state index in [1.54, 1.807) is 11.0 Å². The molecule has 0 aromatic heterocycles. The first-order valence-corrected chi connectivity index (χ1v) is 9.42. The molecule has 2 aromatic rings. The summed E-state index contributed by atoms with van der Waals surface area (Å²) >= 11 is 0. The maximum atomic E-state index is 12.5. The highest BCUT2D eigenvalue weighted by molar-refractivity contribution is 5.88. The van der Waals surface area contributed by atoms with Crippen LogP contribution >= 0.6 is 0 Å². The summed E-state index contributed by atoms with van der Waals surface area (Å²) in [5.41, 5.74) is 3.15. The Hall–Kier alpha value is -2.86. The maximum absolute atomic E-state index is 12.5. The van der Waals surface area contributed by atoms with Crippen molar-refractivity contribution < 1.29 is 19.4 Å². The number of rotatable bonds is 6. The lowest BCUT2D eigenvalue weighted by molar-refractivity contribution is -0.151. The number of amides is 2. The Morgan fingerprint density at radius 2 is 1.93 bits per heavy atom. The van der Waals surface area contributed by atoms with E-state index >= 15 is 0 Å². The minimum absolute atomic E-state index is 0.0218. The van der Waals surface area contributed by atoms with Gasteiger partial charge in [0.1, 0.15) is 12.4 Å². The van der Waals surface area contributed by atoms with Crippen molar-refractivity contribution in [3.63, 3.8) is 0 Å². The summed E-state index contributed by atoms with van der Waals surface area (Å²) in [6, 6.07) is 15.5. The van der Waals surface area contributed by atoms with Gasteiger partial charge in [0.15, 0.2) is 6.10 Å². The minimum atomic E-state index is -1.30. The van der Waals surface area contributed by atoms with E-state index in [-0.39, 0.29) is 19.1 Å². The van der Waals surface area contributed by atoms with E-state index in [1.807, 2.05) is 50.2 Å². The molecule has 148 valence electrons. The molecule has 0 radical (unpaired) electrons. The SMILES string of the molecule is Cc1cccc(CN2CCN(C(=O)[C@@H](O)COc3ccccc3C)CC2=O)c1. The highest BCUT2D eigenvalue weighted by Gasteiger charge is 2.30. The van der Waals surface area contributed by atoms with Gasteiger partial charge in [0.2, 0.25) is 5.91 Å². The van der Waals surface area contributed by atoms with Crippen LogP contribution in [0.2, 0.25) is 0 Å². The van der Waals surface area contributed by atoms with Gasteiger partial charge in [-0.3, -0.25) is 9.59 Å². The molecule has 1 aliphatic heterocycles. The van der Waals surface area contributed by atoms with Crippen LogP contribution in [0.3, 0.4) is 0 Å². The first-order chi connectivity index (χ1) is 13.4. The molecule has 0 unspecified atom stereocenters. The van der Waals surface area contributed by atoms with E-state index < -0.39 is 12.0 Å². The zero-order valence-electron chi connectivity index (χ0n) is 16.3. The summed E-state index contributed by atoms with van der Waals surface area (Å²) in [6.07, 6.45) is -1.30. The van der Waals surface area contributed by atoms with Gasteiger partial charge in [-0.05, 0) is 31.0 Å². The highest BCUT2D eigenvalue weighted by Crippen LogP contribution is 2.17. The number of hydrogen-bond donors (Lipinski definition) is 1. The van der Waals surface area contributed by atoms with Gasteiger partial charge in [0.05, 0.1) is 6.54 Å². The van der Waals surface area contributed by atoms with Crippen LogP contribution in [0.1, 0.15) is 16.7 Å². The molecule has 1 atom stereocenters. The van der Waals surface area contributed by atoms with Gasteiger partial charge in [0.25, 0.3) is 5.91 Å². The Balaban J connectivity index is 1.52. The smallest absolute Gasteiger partial charge is 0.255 e. The summed E-state index contributed by atoms with van der Waals surface area (Å²) < 4.78 is 5.56. The molecule has 2 aromatic carbocycles. The van der Waals surface area contributed by atoms with Crippen LogP contribution in [-0.2, 0) is 16.1 Å². The fourth-order valence-corrected chi connectivity index (χ4v) is 3.26. The summed E-state index contributed by atoms with van der Waals surface area (Å²) in [4.78, 5) is 28.1. The normalized spacial score (nSPS) is 15.5. The van der Waals surface area contributed by atoms with Gasteiger partial charge in [-0.25, -0.2) is 0 Å². The lowest BCUT2D eigenvalue weighted by Gasteiger charge is -2.35. The monoisotopic (exact) mass is 382 g/mol. The molecule has 1 N–H and O–H groups in total. The second-order valence-corrected chi connectivity index (χ2v) is 7.16. The lowest BCUT2D eigenvalue weighted by Crippen LogP contribution is -2.54. The molecule has 0 aliphatic carbocycles. The second-order valence-electron chi connectivity index (χ2n) is 7.16. The number of ether oxygens (including phenoxy) is 1. The highest BCUT2D eigenvalue weighted by atomic mass is 16.5. The number of benzene rings is 2. The van der Waals surface area contributed by atoms with Crippen LogP contribution in [0.4, 0.5) is 0 Å². The van der Waals surface area contributed by atoms with Crippen molar-refractivity contribution in [1.29, 1.82) is 0 Å². The largest absolute Gasteiger partial charge is 0.490 e. The molecule has 0 spiro atoms. The predicted octanol–water partition coefficient (Wildman–Crippen LogP) is 1.91. The van der Waals surface area contributed by atoms with Gasteiger partial charge in [-0.1, -0.05) is 48.0 Å². The van der Waals surface area contributed by atoms with Crippen LogP contribution in [0.25, 0.3) is 0 Å². The van der Waals surface area contributed by atoms with Crippen molar-refractivity contribution in [3.05, 3.63) is 65.2 Å². The number of carbonyl (C=O) groups excluding carboxylic acids is 2. The average molecular weight is 382 g/mol. The summed E-state index contributed by atoms with van der Waals surface area (Å²) in [5.74, 6) is 0.0404. The zero-order valence-corrected chi connectivity index (χ0v) is 16.3. The number of aryl methyl sites for hydroxylation is 2. The fourth-order valence-electron chi connectivity index (χ4n) is 3.26. The quantitative estimate of drug-likeness (QED) is 0.829. The van der Waals surface area contributed by atoms with E-state index in [9.17, 15) is 14.7 Å². The van der Waals surface area contributed by atoms with Crippen molar-refractivity contribution in [3.8, 4) is 5.75 Å². The van der Waals surface area contributed by atoms with Crippen LogP contribution in [0.5, 0.6) is 5.75 Å². The number of aliphatic hydroxyl groups excluding tert-OH is 1. The molecule has 6 nitrogen and oxygen atoms in total. The molecule has 28 heavy (non-hydrogen) atoms. The third kappa shape index (κ3) is 4.89. The van der Waals surface area contributed by atoms with E-state index in [0.29, 0.717) is 25.4 Å². The van der Waals surface area contributed by atoms with Crippen molar-refractivity contribution in [2.24, 2.45) is 0 Å². The standard InChI is InChI=1S/C22H26N2O4/c1-16-6-5-8-18(12-16)13-23-10-11-24(14-21(23)26)22(27)19(25)15-28-20-9-4-3-7-17(20)2/h3-9,12,19,25H,10-11,13-15H2,1-2H3/t19-/m0/s1. The Morgan fingerprint density at radius 3 is 2.64 bits per heavy atom. The number of piperazine rings is 1. The first kappa shape index (κ1) is 19.9. The molecule has 1 fully saturated rings. The molecule has 2 amide bonds. The Morgan fingerprint density at radius 1 is 1.14 bits per heavy atom. The number of aliphatic hydroxyl groups is 1. The van der Waals surface area contributed by atoms with Crippen LogP contribution in [-0.4, -0.2) is 59.1 Å². The Bertz CT molecular complexity index is 852. The minimum Gasteiger partial charge on any atom is -0.490 e. The Labute approximate surface area is 165 Å². The van der Waals surface area contributed by atoms with Crippen LogP contribution in [0.15, 0.2) is 48.5 Å². The van der Waals surface area contributed by atoms with Gasteiger partial charge in [-0.2, -0.15) is 0 Å². The van der Waals surface area contributed by atoms with Crippen molar-refractivity contribution in [2.75, 3.05) is 26.2 Å². The lowest BCUT2D eigenvalue weighted by atomic mass is 10.1. The van der Waals surface area contributed by atoms with Crippen molar-refractivity contribution >= 4 is 11.8 Å². The van der Waals surface area contributed by atoms with Crippen molar-refractivity contribution in [1.82, 2.24) is 9.80 Å². The number of carbonyl (C=O) groups is 2. The molecule has 1 saturated heterocycles. The molecule has 1 heterocycles. The summed E-state index contributed by atoms with van der Waals surface area (Å²) in [5, 5.41) is 10.2. The molecule has 1 aliphatic rings. The topological polar surface area (TPSA) is 70.1 Å². The van der Waals surface area contributed by atoms with Gasteiger partial charge in [0, 0.05) is 19.6 Å². The molecule has 3 rings (SSSR count). The van der Waals surface area contributed by atoms with E-state index in [0.717, 1.165) is 16.7 Å². The Kier molecular flexibility index (Phi) is 6.31. The van der Waals surface area contributed by atoms with Gasteiger partial charge in [-0.15, -0.1) is 0 Å². The molecule has 0 bridgehead atoms.